The van der Waals surface area contributed by atoms with E-state index in [9.17, 15) is 14.9 Å². The van der Waals surface area contributed by atoms with Crippen LogP contribution in [0.25, 0.3) is 22.3 Å². The number of hydrogen-bond acceptors (Lipinski definition) is 6. The van der Waals surface area contributed by atoms with Crippen molar-refractivity contribution in [3.8, 4) is 17.1 Å². The Balaban J connectivity index is 1.82. The average Bonchev–Trinajstić information content (AvgIpc) is 2.79. The van der Waals surface area contributed by atoms with E-state index in [1.807, 2.05) is 12.1 Å². The molecule has 2 heterocycles. The fourth-order valence-corrected chi connectivity index (χ4v) is 3.48. The third kappa shape index (κ3) is 4.22. The zero-order valence-corrected chi connectivity index (χ0v) is 17.8. The minimum absolute atomic E-state index is 0.0649. The zero-order chi connectivity index (χ0) is 22.0. The number of nitro groups is 1. The highest BCUT2D eigenvalue weighted by Gasteiger charge is 2.20. The van der Waals surface area contributed by atoms with E-state index in [2.05, 4.69) is 31.2 Å². The molecule has 0 unspecified atom stereocenters. The number of nitrogens with one attached hydrogen (secondary N) is 1. The molecule has 0 saturated carbocycles. The fraction of sp³-hybridized carbons (Fsp3) is 0.0455. The molecular formula is C22H15BrN4O4. The van der Waals surface area contributed by atoms with E-state index in [0.717, 1.165) is 4.47 Å². The quantitative estimate of drug-likeness (QED) is 0.310. The summed E-state index contributed by atoms with van der Waals surface area (Å²) < 4.78 is 5.82. The summed E-state index contributed by atoms with van der Waals surface area (Å²) in [4.78, 5) is 33.1. The highest BCUT2D eigenvalue weighted by atomic mass is 79.9. The Morgan fingerprint density at radius 3 is 2.65 bits per heavy atom. The maximum Gasteiger partial charge on any atom is 0.296 e. The summed E-state index contributed by atoms with van der Waals surface area (Å²) in [5.41, 5.74) is 1.84. The Kier molecular flexibility index (Phi) is 5.59. The number of ether oxygens (including phenoxy) is 1. The highest BCUT2D eigenvalue weighted by molar-refractivity contribution is 9.10. The Hall–Kier alpha value is -3.85. The Bertz CT molecular complexity index is 1310. The number of amides is 1. The summed E-state index contributed by atoms with van der Waals surface area (Å²) in [6.07, 6.45) is 1.64. The maximum absolute atomic E-state index is 13.2. The van der Waals surface area contributed by atoms with Crippen LogP contribution in [0.2, 0.25) is 0 Å². The molecule has 9 heteroatoms. The van der Waals surface area contributed by atoms with Crippen molar-refractivity contribution in [3.05, 3.63) is 87.0 Å². The van der Waals surface area contributed by atoms with Gasteiger partial charge in [-0.25, -0.2) is 4.98 Å². The number of aromatic nitrogens is 2. The molecule has 1 amide bonds. The average molecular weight is 479 g/mol. The normalized spacial score (nSPS) is 10.6. The lowest BCUT2D eigenvalue weighted by atomic mass is 10.1. The van der Waals surface area contributed by atoms with Crippen molar-refractivity contribution in [3.63, 3.8) is 0 Å². The molecule has 0 aliphatic rings. The van der Waals surface area contributed by atoms with Crippen LogP contribution in [0.1, 0.15) is 10.4 Å². The number of nitro benzene ring substituents is 1. The van der Waals surface area contributed by atoms with E-state index >= 15 is 0 Å². The van der Waals surface area contributed by atoms with Gasteiger partial charge in [-0.3, -0.25) is 19.9 Å². The topological polar surface area (TPSA) is 107 Å². The number of methoxy groups -OCH3 is 1. The first-order chi connectivity index (χ1) is 15.0. The van der Waals surface area contributed by atoms with Crippen molar-refractivity contribution >= 4 is 44.1 Å². The standard InChI is InChI=1S/C22H15BrN4O4/c1-31-14-6-8-19(21(11-14)27(29)30)26-22(28)16-12-20(18-4-2-3-9-24-18)25-17-7-5-13(23)10-15(16)17/h2-12H,1H3,(H,26,28). The van der Waals surface area contributed by atoms with Crippen LogP contribution in [0.5, 0.6) is 5.75 Å². The van der Waals surface area contributed by atoms with Gasteiger partial charge in [-0.05, 0) is 48.5 Å². The van der Waals surface area contributed by atoms with Gasteiger partial charge in [-0.15, -0.1) is 0 Å². The van der Waals surface area contributed by atoms with Gasteiger partial charge in [0.25, 0.3) is 11.6 Å². The Labute approximate surface area is 185 Å². The molecule has 0 bridgehead atoms. The van der Waals surface area contributed by atoms with E-state index in [0.29, 0.717) is 33.6 Å². The van der Waals surface area contributed by atoms with Crippen molar-refractivity contribution in [2.75, 3.05) is 12.4 Å². The SMILES string of the molecule is COc1ccc(NC(=O)c2cc(-c3ccccn3)nc3ccc(Br)cc23)c([N+](=O)[O-])c1. The second-order valence-electron chi connectivity index (χ2n) is 6.53. The number of hydrogen-bond donors (Lipinski definition) is 1. The monoisotopic (exact) mass is 478 g/mol. The highest BCUT2D eigenvalue weighted by Crippen LogP contribution is 2.31. The van der Waals surface area contributed by atoms with Crippen LogP contribution in [-0.4, -0.2) is 27.9 Å². The van der Waals surface area contributed by atoms with E-state index in [1.165, 1.54) is 19.2 Å². The molecule has 8 nitrogen and oxygen atoms in total. The van der Waals surface area contributed by atoms with Crippen LogP contribution in [0.3, 0.4) is 0 Å². The number of pyridine rings is 2. The van der Waals surface area contributed by atoms with Crippen LogP contribution < -0.4 is 10.1 Å². The number of fused-ring (bicyclic) bond motifs is 1. The van der Waals surface area contributed by atoms with E-state index < -0.39 is 10.8 Å². The van der Waals surface area contributed by atoms with Crippen LogP contribution in [-0.2, 0) is 0 Å². The first-order valence-corrected chi connectivity index (χ1v) is 9.91. The number of rotatable bonds is 5. The van der Waals surface area contributed by atoms with E-state index in [-0.39, 0.29) is 11.4 Å². The van der Waals surface area contributed by atoms with Gasteiger partial charge >= 0.3 is 0 Å². The van der Waals surface area contributed by atoms with Crippen molar-refractivity contribution in [2.24, 2.45) is 0 Å². The van der Waals surface area contributed by atoms with Gasteiger partial charge in [0.05, 0.1) is 40.6 Å². The van der Waals surface area contributed by atoms with Crippen LogP contribution in [0.4, 0.5) is 11.4 Å². The summed E-state index contributed by atoms with van der Waals surface area (Å²) >= 11 is 3.42. The van der Waals surface area contributed by atoms with Gasteiger partial charge in [-0.1, -0.05) is 22.0 Å². The largest absolute Gasteiger partial charge is 0.496 e. The van der Waals surface area contributed by atoms with Gasteiger partial charge in [0.1, 0.15) is 11.4 Å². The first-order valence-electron chi connectivity index (χ1n) is 9.12. The first kappa shape index (κ1) is 20.4. The lowest BCUT2D eigenvalue weighted by Crippen LogP contribution is -2.14. The van der Waals surface area contributed by atoms with Crippen LogP contribution >= 0.6 is 15.9 Å². The fourth-order valence-electron chi connectivity index (χ4n) is 3.12. The number of anilines is 1. The Morgan fingerprint density at radius 1 is 1.10 bits per heavy atom. The van der Waals surface area contributed by atoms with Crippen molar-refractivity contribution < 1.29 is 14.5 Å². The molecule has 154 valence electrons. The minimum Gasteiger partial charge on any atom is -0.496 e. The minimum atomic E-state index is -0.571. The lowest BCUT2D eigenvalue weighted by molar-refractivity contribution is -0.384. The molecule has 4 aromatic rings. The molecule has 4 rings (SSSR count). The van der Waals surface area contributed by atoms with Gasteiger partial charge in [0, 0.05) is 16.1 Å². The number of nitrogens with zero attached hydrogens (tertiary/aromatic N) is 3. The number of benzene rings is 2. The summed E-state index contributed by atoms with van der Waals surface area (Å²) in [6.45, 7) is 0. The Morgan fingerprint density at radius 2 is 1.94 bits per heavy atom. The van der Waals surface area contributed by atoms with Gasteiger partial charge in [-0.2, -0.15) is 0 Å². The van der Waals surface area contributed by atoms with E-state index in [1.54, 1.807) is 42.6 Å². The second-order valence-corrected chi connectivity index (χ2v) is 7.44. The predicted octanol–water partition coefficient (Wildman–Crippen LogP) is 5.23. The van der Waals surface area contributed by atoms with Crippen LogP contribution in [0.15, 0.2) is 71.3 Å². The molecule has 0 aliphatic carbocycles. The molecule has 1 N–H and O–H groups in total. The van der Waals surface area contributed by atoms with Crippen LogP contribution in [0, 0.1) is 10.1 Å². The van der Waals surface area contributed by atoms with E-state index in [4.69, 9.17) is 4.74 Å². The lowest BCUT2D eigenvalue weighted by Gasteiger charge is -2.11. The maximum atomic E-state index is 13.2. The molecule has 0 aliphatic heterocycles. The third-order valence-corrected chi connectivity index (χ3v) is 5.09. The summed E-state index contributed by atoms with van der Waals surface area (Å²) in [7, 11) is 1.41. The van der Waals surface area contributed by atoms with Crippen molar-refractivity contribution in [1.82, 2.24) is 9.97 Å². The molecule has 0 spiro atoms. The molecule has 2 aromatic carbocycles. The van der Waals surface area contributed by atoms with Gasteiger partial charge in [0.15, 0.2) is 0 Å². The predicted molar refractivity (Wildman–Crippen MR) is 120 cm³/mol. The van der Waals surface area contributed by atoms with Crippen molar-refractivity contribution in [1.29, 1.82) is 0 Å². The molecule has 2 aromatic heterocycles. The zero-order valence-electron chi connectivity index (χ0n) is 16.2. The van der Waals surface area contributed by atoms with Gasteiger partial charge in [0.2, 0.25) is 0 Å². The van der Waals surface area contributed by atoms with Crippen molar-refractivity contribution in [2.45, 2.75) is 0 Å². The summed E-state index contributed by atoms with van der Waals surface area (Å²) in [5.74, 6) is -0.184. The van der Waals surface area contributed by atoms with Gasteiger partial charge < -0.3 is 10.1 Å². The number of carbonyl (C=O) groups excluding carboxylic acids is 1. The molecule has 0 fully saturated rings. The molecule has 0 radical (unpaired) electrons. The summed E-state index contributed by atoms with van der Waals surface area (Å²) in [6, 6.07) is 16.7. The molecule has 31 heavy (non-hydrogen) atoms. The molecule has 0 atom stereocenters. The number of halogens is 1. The second kappa shape index (κ2) is 8.49. The summed E-state index contributed by atoms with van der Waals surface area (Å²) in [5, 5.41) is 14.7. The smallest absolute Gasteiger partial charge is 0.296 e. The third-order valence-electron chi connectivity index (χ3n) is 4.59. The molecular weight excluding hydrogens is 464 g/mol. The number of carbonyl (C=O) groups is 1. The molecule has 0 saturated heterocycles.